The Morgan fingerprint density at radius 2 is 2.14 bits per heavy atom. The van der Waals surface area contributed by atoms with E-state index in [0.717, 1.165) is 0 Å². The lowest BCUT2D eigenvalue weighted by Crippen LogP contribution is -2.40. The second-order valence-corrected chi connectivity index (χ2v) is 4.66. The molecule has 2 rings (SSSR count). The number of carboxylic acids is 1. The van der Waals surface area contributed by atoms with Crippen molar-refractivity contribution >= 4 is 23.5 Å². The first-order valence-electron chi connectivity index (χ1n) is 6.09. The summed E-state index contributed by atoms with van der Waals surface area (Å²) in [7, 11) is 0. The van der Waals surface area contributed by atoms with Gasteiger partial charge in [0.15, 0.2) is 11.5 Å². The molecule has 110 valence electrons. The quantitative estimate of drug-likeness (QED) is 0.819. The molecule has 2 N–H and O–H groups in total. The van der Waals surface area contributed by atoms with Crippen LogP contribution in [0.5, 0.6) is 11.5 Å². The molecule has 0 aliphatic carbocycles. The Kier molecular flexibility index (Phi) is 4.55. The fourth-order valence-corrected chi connectivity index (χ4v) is 2.07. The number of carboxylic acid groups (broad SMARTS) is 1. The van der Waals surface area contributed by atoms with E-state index in [-0.39, 0.29) is 17.0 Å². The summed E-state index contributed by atoms with van der Waals surface area (Å²) < 4.78 is 10.7. The molecule has 1 aliphatic heterocycles. The molecule has 0 radical (unpaired) electrons. The van der Waals surface area contributed by atoms with Gasteiger partial charge in [0.2, 0.25) is 0 Å². The van der Waals surface area contributed by atoms with Gasteiger partial charge in [-0.1, -0.05) is 11.6 Å². The molecule has 1 atom stereocenters. The highest BCUT2D eigenvalue weighted by Crippen LogP contribution is 2.38. The SMILES string of the molecule is C#CCC(NC(=O)c1cc(Cl)c2c(c1)OCCO2)C(=O)O. The highest BCUT2D eigenvalue weighted by atomic mass is 35.5. The van der Waals surface area contributed by atoms with Crippen LogP contribution in [0.4, 0.5) is 0 Å². The van der Waals surface area contributed by atoms with Crippen LogP contribution in [-0.4, -0.2) is 36.2 Å². The Labute approximate surface area is 126 Å². The van der Waals surface area contributed by atoms with Gasteiger partial charge in [0, 0.05) is 12.0 Å². The average molecular weight is 310 g/mol. The lowest BCUT2D eigenvalue weighted by atomic mass is 10.1. The van der Waals surface area contributed by atoms with Crippen molar-refractivity contribution in [1.29, 1.82) is 0 Å². The van der Waals surface area contributed by atoms with Crippen LogP contribution < -0.4 is 14.8 Å². The molecule has 1 aromatic rings. The highest BCUT2D eigenvalue weighted by molar-refractivity contribution is 6.32. The monoisotopic (exact) mass is 309 g/mol. The van der Waals surface area contributed by atoms with Gasteiger partial charge in [-0.3, -0.25) is 4.79 Å². The van der Waals surface area contributed by atoms with Crippen LogP contribution in [0.25, 0.3) is 0 Å². The molecule has 21 heavy (non-hydrogen) atoms. The van der Waals surface area contributed by atoms with Gasteiger partial charge in [-0.15, -0.1) is 12.3 Å². The summed E-state index contributed by atoms with van der Waals surface area (Å²) >= 11 is 6.02. The summed E-state index contributed by atoms with van der Waals surface area (Å²) in [6, 6.07) is 1.68. The van der Waals surface area contributed by atoms with Gasteiger partial charge in [-0.2, -0.15) is 0 Å². The summed E-state index contributed by atoms with van der Waals surface area (Å²) in [5.74, 6) is 1.12. The molecule has 1 aliphatic rings. The first kappa shape index (κ1) is 15.0. The summed E-state index contributed by atoms with van der Waals surface area (Å²) in [6.45, 7) is 0.727. The number of rotatable bonds is 4. The van der Waals surface area contributed by atoms with Crippen LogP contribution in [-0.2, 0) is 4.79 Å². The van der Waals surface area contributed by atoms with Crippen molar-refractivity contribution in [3.8, 4) is 23.8 Å². The average Bonchev–Trinajstić information content (AvgIpc) is 2.46. The van der Waals surface area contributed by atoms with E-state index in [1.165, 1.54) is 12.1 Å². The van der Waals surface area contributed by atoms with E-state index >= 15 is 0 Å². The van der Waals surface area contributed by atoms with E-state index in [9.17, 15) is 9.59 Å². The maximum atomic E-state index is 12.1. The van der Waals surface area contributed by atoms with Crippen molar-refractivity contribution in [1.82, 2.24) is 5.32 Å². The van der Waals surface area contributed by atoms with Crippen molar-refractivity contribution < 1.29 is 24.2 Å². The first-order chi connectivity index (χ1) is 10.0. The van der Waals surface area contributed by atoms with Gasteiger partial charge >= 0.3 is 5.97 Å². The molecule has 0 bridgehead atoms. The molecule has 7 heteroatoms. The van der Waals surface area contributed by atoms with E-state index in [1.54, 1.807) is 0 Å². The fourth-order valence-electron chi connectivity index (χ4n) is 1.80. The number of fused-ring (bicyclic) bond motifs is 1. The maximum Gasteiger partial charge on any atom is 0.327 e. The summed E-state index contributed by atoms with van der Waals surface area (Å²) in [5.41, 5.74) is 0.174. The van der Waals surface area contributed by atoms with Crippen LogP contribution >= 0.6 is 11.6 Å². The van der Waals surface area contributed by atoms with Gasteiger partial charge in [0.1, 0.15) is 19.3 Å². The number of aliphatic carboxylic acids is 1. The maximum absolute atomic E-state index is 12.1. The topological polar surface area (TPSA) is 84.9 Å². The minimum Gasteiger partial charge on any atom is -0.486 e. The predicted molar refractivity (Wildman–Crippen MR) is 74.8 cm³/mol. The zero-order valence-electron chi connectivity index (χ0n) is 10.9. The molecule has 0 saturated heterocycles. The largest absolute Gasteiger partial charge is 0.486 e. The number of carbonyl (C=O) groups is 2. The second kappa shape index (κ2) is 6.37. The number of hydrogen-bond acceptors (Lipinski definition) is 4. The molecule has 0 spiro atoms. The molecule has 1 unspecified atom stereocenters. The van der Waals surface area contributed by atoms with E-state index < -0.39 is 17.9 Å². The number of amides is 1. The van der Waals surface area contributed by atoms with Crippen LogP contribution in [0.3, 0.4) is 0 Å². The number of halogens is 1. The zero-order valence-corrected chi connectivity index (χ0v) is 11.6. The van der Waals surface area contributed by atoms with Gasteiger partial charge in [-0.05, 0) is 12.1 Å². The molecule has 6 nitrogen and oxygen atoms in total. The number of benzene rings is 1. The third-order valence-corrected chi connectivity index (χ3v) is 3.07. The van der Waals surface area contributed by atoms with Gasteiger partial charge in [-0.25, -0.2) is 4.79 Å². The van der Waals surface area contributed by atoms with E-state index in [4.69, 9.17) is 32.6 Å². The third kappa shape index (κ3) is 3.38. The second-order valence-electron chi connectivity index (χ2n) is 4.25. The Bertz CT molecular complexity index is 623. The first-order valence-corrected chi connectivity index (χ1v) is 6.47. The van der Waals surface area contributed by atoms with Crippen LogP contribution in [0.15, 0.2) is 12.1 Å². The van der Waals surface area contributed by atoms with Crippen molar-refractivity contribution in [2.75, 3.05) is 13.2 Å². The third-order valence-electron chi connectivity index (χ3n) is 2.78. The Morgan fingerprint density at radius 1 is 1.43 bits per heavy atom. The molecule has 0 fully saturated rings. The lowest BCUT2D eigenvalue weighted by molar-refractivity contribution is -0.139. The van der Waals surface area contributed by atoms with Crippen molar-refractivity contribution in [3.05, 3.63) is 22.7 Å². The van der Waals surface area contributed by atoms with E-state index in [2.05, 4.69) is 11.2 Å². The molecule has 0 aromatic heterocycles. The van der Waals surface area contributed by atoms with Crippen molar-refractivity contribution in [2.24, 2.45) is 0 Å². The predicted octanol–water partition coefficient (Wildman–Crippen LogP) is 1.32. The standard InChI is InChI=1S/C14H12ClNO5/c1-2-3-10(14(18)19)16-13(17)8-6-9(15)12-11(7-8)20-4-5-21-12/h1,6-7,10H,3-5H2,(H,16,17)(H,18,19). The van der Waals surface area contributed by atoms with Gasteiger partial charge in [0.25, 0.3) is 5.91 Å². The molecular formula is C14H12ClNO5. The Morgan fingerprint density at radius 3 is 2.81 bits per heavy atom. The van der Waals surface area contributed by atoms with E-state index in [1.807, 2.05) is 0 Å². The normalized spacial score (nSPS) is 13.9. The van der Waals surface area contributed by atoms with Crippen LogP contribution in [0.1, 0.15) is 16.8 Å². The van der Waals surface area contributed by atoms with Crippen LogP contribution in [0.2, 0.25) is 5.02 Å². The summed E-state index contributed by atoms with van der Waals surface area (Å²) in [4.78, 5) is 23.0. The fraction of sp³-hybridized carbons (Fsp3) is 0.286. The molecule has 1 heterocycles. The lowest BCUT2D eigenvalue weighted by Gasteiger charge is -2.20. The molecule has 1 amide bonds. The summed E-state index contributed by atoms with van der Waals surface area (Å²) in [5, 5.41) is 11.5. The molecule has 0 saturated carbocycles. The number of nitrogens with one attached hydrogen (secondary N) is 1. The van der Waals surface area contributed by atoms with Crippen LogP contribution in [0, 0.1) is 12.3 Å². The van der Waals surface area contributed by atoms with Crippen molar-refractivity contribution in [2.45, 2.75) is 12.5 Å². The van der Waals surface area contributed by atoms with Gasteiger partial charge < -0.3 is 19.9 Å². The highest BCUT2D eigenvalue weighted by Gasteiger charge is 2.23. The Hall–Kier alpha value is -2.39. The number of carbonyl (C=O) groups excluding carboxylic acids is 1. The minimum atomic E-state index is -1.20. The zero-order chi connectivity index (χ0) is 15.4. The number of hydrogen-bond donors (Lipinski definition) is 2. The van der Waals surface area contributed by atoms with Crippen molar-refractivity contribution in [3.63, 3.8) is 0 Å². The number of ether oxygens (including phenoxy) is 2. The number of terminal acetylenes is 1. The minimum absolute atomic E-state index is 0.112. The molecule has 1 aromatic carbocycles. The van der Waals surface area contributed by atoms with E-state index in [0.29, 0.717) is 24.7 Å². The summed E-state index contributed by atoms with van der Waals surface area (Å²) in [6.07, 6.45) is 4.96. The van der Waals surface area contributed by atoms with Gasteiger partial charge in [0.05, 0.1) is 5.02 Å². The molecular weight excluding hydrogens is 298 g/mol. The smallest absolute Gasteiger partial charge is 0.327 e. The Balaban J connectivity index is 2.21.